The Morgan fingerprint density at radius 2 is 2.00 bits per heavy atom. The van der Waals surface area contributed by atoms with Crippen LogP contribution in [0.1, 0.15) is 19.3 Å². The van der Waals surface area contributed by atoms with Crippen molar-refractivity contribution in [2.45, 2.75) is 19.3 Å². The van der Waals surface area contributed by atoms with E-state index in [1.807, 2.05) is 31.3 Å². The van der Waals surface area contributed by atoms with E-state index in [0.29, 0.717) is 5.02 Å². The lowest BCUT2D eigenvalue weighted by Crippen LogP contribution is -2.07. The summed E-state index contributed by atoms with van der Waals surface area (Å²) in [7, 11) is 1.97. The first-order valence-electron chi connectivity index (χ1n) is 5.36. The van der Waals surface area contributed by atoms with Crippen molar-refractivity contribution in [1.29, 1.82) is 0 Å². The molecule has 84 valence electrons. The summed E-state index contributed by atoms with van der Waals surface area (Å²) in [4.78, 5) is 0. The van der Waals surface area contributed by atoms with Crippen LogP contribution in [0.15, 0.2) is 24.3 Å². The highest BCUT2D eigenvalue weighted by Gasteiger charge is 1.98. The monoisotopic (exact) mass is 227 g/mol. The van der Waals surface area contributed by atoms with E-state index in [-0.39, 0.29) is 0 Å². The third kappa shape index (κ3) is 5.05. The van der Waals surface area contributed by atoms with Crippen LogP contribution in [0, 0.1) is 0 Å². The van der Waals surface area contributed by atoms with Gasteiger partial charge >= 0.3 is 0 Å². The molecule has 0 fully saturated rings. The highest BCUT2D eigenvalue weighted by molar-refractivity contribution is 6.32. The van der Waals surface area contributed by atoms with Crippen LogP contribution in [0.4, 0.5) is 0 Å². The summed E-state index contributed by atoms with van der Waals surface area (Å²) in [6, 6.07) is 7.58. The zero-order valence-electron chi connectivity index (χ0n) is 9.13. The molecule has 0 spiro atoms. The molecule has 0 bridgehead atoms. The average molecular weight is 228 g/mol. The summed E-state index contributed by atoms with van der Waals surface area (Å²) in [6.07, 6.45) is 3.46. The molecule has 0 heterocycles. The maximum Gasteiger partial charge on any atom is 0.137 e. The summed E-state index contributed by atoms with van der Waals surface area (Å²) in [5.74, 6) is 0.785. The minimum atomic E-state index is 0.688. The normalized spacial score (nSPS) is 10.3. The van der Waals surface area contributed by atoms with Gasteiger partial charge in [0.05, 0.1) is 11.6 Å². The molecule has 1 rings (SSSR count). The van der Waals surface area contributed by atoms with E-state index in [9.17, 15) is 0 Å². The van der Waals surface area contributed by atoms with Gasteiger partial charge in [-0.1, -0.05) is 23.7 Å². The van der Waals surface area contributed by atoms with Crippen molar-refractivity contribution >= 4 is 11.6 Å². The van der Waals surface area contributed by atoms with Crippen molar-refractivity contribution in [3.05, 3.63) is 29.3 Å². The number of rotatable bonds is 7. The fourth-order valence-electron chi connectivity index (χ4n) is 1.32. The number of para-hydroxylation sites is 1. The number of nitrogens with one attached hydrogen (secondary N) is 1. The number of halogens is 1. The van der Waals surface area contributed by atoms with Crippen molar-refractivity contribution in [3.8, 4) is 5.75 Å². The predicted molar refractivity (Wildman–Crippen MR) is 64.7 cm³/mol. The average Bonchev–Trinajstić information content (AvgIpc) is 2.25. The van der Waals surface area contributed by atoms with Crippen molar-refractivity contribution in [1.82, 2.24) is 5.32 Å². The van der Waals surface area contributed by atoms with Gasteiger partial charge in [-0.05, 0) is 45.0 Å². The van der Waals surface area contributed by atoms with Crippen LogP contribution in [0.3, 0.4) is 0 Å². The maximum absolute atomic E-state index is 5.95. The van der Waals surface area contributed by atoms with Gasteiger partial charge in [0.25, 0.3) is 0 Å². The topological polar surface area (TPSA) is 21.3 Å². The Hall–Kier alpha value is -0.730. The fourth-order valence-corrected chi connectivity index (χ4v) is 1.51. The lowest BCUT2D eigenvalue weighted by atomic mass is 10.2. The zero-order valence-corrected chi connectivity index (χ0v) is 9.89. The standard InChI is InChI=1S/C12H18ClNO/c1-14-9-5-2-6-10-15-12-8-4-3-7-11(12)13/h3-4,7-8,14H,2,5-6,9-10H2,1H3. The van der Waals surface area contributed by atoms with Gasteiger partial charge < -0.3 is 10.1 Å². The molecule has 0 aromatic heterocycles. The first-order chi connectivity index (χ1) is 7.34. The number of hydrogen-bond donors (Lipinski definition) is 1. The molecule has 3 heteroatoms. The molecule has 0 unspecified atom stereocenters. The van der Waals surface area contributed by atoms with Crippen molar-refractivity contribution in [3.63, 3.8) is 0 Å². The largest absolute Gasteiger partial charge is 0.492 e. The van der Waals surface area contributed by atoms with Crippen LogP contribution in [0.5, 0.6) is 5.75 Å². The second-order valence-electron chi connectivity index (χ2n) is 3.44. The highest BCUT2D eigenvalue weighted by Crippen LogP contribution is 2.23. The predicted octanol–water partition coefficient (Wildman–Crippen LogP) is 3.11. The van der Waals surface area contributed by atoms with Crippen LogP contribution >= 0.6 is 11.6 Å². The molecule has 0 aliphatic carbocycles. The third-order valence-corrected chi connectivity index (χ3v) is 2.48. The lowest BCUT2D eigenvalue weighted by Gasteiger charge is -2.07. The Labute approximate surface area is 96.6 Å². The van der Waals surface area contributed by atoms with E-state index in [2.05, 4.69) is 5.32 Å². The second kappa shape index (κ2) is 7.55. The molecule has 1 N–H and O–H groups in total. The zero-order chi connectivity index (χ0) is 10.9. The fraction of sp³-hybridized carbons (Fsp3) is 0.500. The molecule has 2 nitrogen and oxygen atoms in total. The number of benzene rings is 1. The summed E-state index contributed by atoms with van der Waals surface area (Å²) >= 11 is 5.95. The van der Waals surface area contributed by atoms with Crippen LogP contribution in [-0.4, -0.2) is 20.2 Å². The van der Waals surface area contributed by atoms with E-state index in [4.69, 9.17) is 16.3 Å². The van der Waals surface area contributed by atoms with E-state index in [1.54, 1.807) is 0 Å². The lowest BCUT2D eigenvalue weighted by molar-refractivity contribution is 0.305. The van der Waals surface area contributed by atoms with Crippen LogP contribution in [-0.2, 0) is 0 Å². The first-order valence-corrected chi connectivity index (χ1v) is 5.74. The Balaban J connectivity index is 2.12. The van der Waals surface area contributed by atoms with Gasteiger partial charge in [-0.25, -0.2) is 0 Å². The summed E-state index contributed by atoms with van der Waals surface area (Å²) < 4.78 is 5.56. The highest BCUT2D eigenvalue weighted by atomic mass is 35.5. The SMILES string of the molecule is CNCCCCCOc1ccccc1Cl. The summed E-state index contributed by atoms with van der Waals surface area (Å²) in [5.41, 5.74) is 0. The van der Waals surface area contributed by atoms with Gasteiger partial charge in [-0.15, -0.1) is 0 Å². The van der Waals surface area contributed by atoms with E-state index in [1.165, 1.54) is 12.8 Å². The van der Waals surface area contributed by atoms with Gasteiger partial charge in [-0.3, -0.25) is 0 Å². The molecular weight excluding hydrogens is 210 g/mol. The molecule has 15 heavy (non-hydrogen) atoms. The van der Waals surface area contributed by atoms with E-state index >= 15 is 0 Å². The minimum Gasteiger partial charge on any atom is -0.492 e. The maximum atomic E-state index is 5.95. The number of hydrogen-bond acceptors (Lipinski definition) is 2. The van der Waals surface area contributed by atoms with Crippen LogP contribution < -0.4 is 10.1 Å². The van der Waals surface area contributed by atoms with Crippen LogP contribution in [0.25, 0.3) is 0 Å². The molecule has 0 radical (unpaired) electrons. The molecule has 0 saturated heterocycles. The number of ether oxygens (including phenoxy) is 1. The molecule has 0 aliphatic rings. The van der Waals surface area contributed by atoms with Crippen molar-refractivity contribution in [2.75, 3.05) is 20.2 Å². The summed E-state index contributed by atoms with van der Waals surface area (Å²) in [6.45, 7) is 1.82. The van der Waals surface area contributed by atoms with E-state index < -0.39 is 0 Å². The third-order valence-electron chi connectivity index (χ3n) is 2.17. The Morgan fingerprint density at radius 1 is 1.20 bits per heavy atom. The minimum absolute atomic E-state index is 0.688. The van der Waals surface area contributed by atoms with Crippen molar-refractivity contribution in [2.24, 2.45) is 0 Å². The molecular formula is C12H18ClNO. The summed E-state index contributed by atoms with van der Waals surface area (Å²) in [5, 5.41) is 3.81. The first kappa shape index (κ1) is 12.3. The van der Waals surface area contributed by atoms with Gasteiger partial charge in [-0.2, -0.15) is 0 Å². The molecule has 0 saturated carbocycles. The van der Waals surface area contributed by atoms with Crippen molar-refractivity contribution < 1.29 is 4.74 Å². The quantitative estimate of drug-likeness (QED) is 0.723. The van der Waals surface area contributed by atoms with E-state index in [0.717, 1.165) is 25.3 Å². The molecule has 0 amide bonds. The van der Waals surface area contributed by atoms with Gasteiger partial charge in [0.1, 0.15) is 5.75 Å². The van der Waals surface area contributed by atoms with Crippen LogP contribution in [0.2, 0.25) is 5.02 Å². The smallest absolute Gasteiger partial charge is 0.137 e. The Kier molecular flexibility index (Phi) is 6.21. The Bertz CT molecular complexity index is 278. The van der Waals surface area contributed by atoms with Gasteiger partial charge in [0.15, 0.2) is 0 Å². The van der Waals surface area contributed by atoms with Gasteiger partial charge in [0, 0.05) is 0 Å². The van der Waals surface area contributed by atoms with Gasteiger partial charge in [0.2, 0.25) is 0 Å². The Morgan fingerprint density at radius 3 is 2.73 bits per heavy atom. The second-order valence-corrected chi connectivity index (χ2v) is 3.85. The molecule has 1 aromatic carbocycles. The molecule has 0 aliphatic heterocycles. The number of unbranched alkanes of at least 4 members (excludes halogenated alkanes) is 2. The molecule has 0 atom stereocenters. The molecule has 1 aromatic rings.